The summed E-state index contributed by atoms with van der Waals surface area (Å²) < 4.78 is 13.5. The van der Waals surface area contributed by atoms with Crippen molar-refractivity contribution in [2.45, 2.75) is 32.8 Å². The molecule has 1 aromatic carbocycles. The molecule has 1 amide bonds. The molecule has 4 N–H and O–H groups in total. The third-order valence-corrected chi connectivity index (χ3v) is 2.71. The fourth-order valence-corrected chi connectivity index (χ4v) is 2.03. The lowest BCUT2D eigenvalue weighted by atomic mass is 9.94. The number of hydrogen-bond donors (Lipinski definition) is 3. The molecule has 1 rings (SSSR count). The van der Waals surface area contributed by atoms with Gasteiger partial charge in [-0.1, -0.05) is 13.8 Å². The number of carbonyl (C=O) groups is 1. The van der Waals surface area contributed by atoms with E-state index < -0.39 is 17.3 Å². The Balaban J connectivity index is 2.68. The minimum atomic E-state index is -1.01. The summed E-state index contributed by atoms with van der Waals surface area (Å²) in [6, 6.07) is 3.82. The van der Waals surface area contributed by atoms with Crippen molar-refractivity contribution in [3.05, 3.63) is 29.6 Å². The van der Waals surface area contributed by atoms with E-state index in [1.165, 1.54) is 12.1 Å². The summed E-state index contributed by atoms with van der Waals surface area (Å²) in [4.78, 5) is 11.8. The molecule has 0 saturated carbocycles. The molecule has 0 aliphatic rings. The van der Waals surface area contributed by atoms with E-state index in [2.05, 4.69) is 5.32 Å². The number of nitrogens with one attached hydrogen (secondary N) is 1. The van der Waals surface area contributed by atoms with Gasteiger partial charge in [-0.3, -0.25) is 4.79 Å². The molecule has 0 aliphatic heterocycles. The molecular weight excluding hydrogens is 247 g/mol. The van der Waals surface area contributed by atoms with Crippen molar-refractivity contribution in [2.24, 2.45) is 5.92 Å². The molecule has 0 radical (unpaired) electrons. The topological polar surface area (TPSA) is 75.3 Å². The first kappa shape index (κ1) is 15.4. The lowest BCUT2D eigenvalue weighted by Crippen LogP contribution is -2.41. The van der Waals surface area contributed by atoms with Crippen LogP contribution in [0.15, 0.2) is 18.2 Å². The maximum Gasteiger partial charge on any atom is 0.254 e. The number of anilines is 1. The number of benzene rings is 1. The number of aliphatic hydroxyl groups is 1. The Morgan fingerprint density at radius 3 is 2.74 bits per heavy atom. The highest BCUT2D eigenvalue weighted by Crippen LogP contribution is 2.16. The first-order chi connectivity index (χ1) is 8.71. The summed E-state index contributed by atoms with van der Waals surface area (Å²) in [5.41, 5.74) is 4.71. The minimum Gasteiger partial charge on any atom is -0.399 e. The first-order valence-electron chi connectivity index (χ1n) is 6.27. The summed E-state index contributed by atoms with van der Waals surface area (Å²) >= 11 is 0. The maximum absolute atomic E-state index is 13.5. The van der Waals surface area contributed by atoms with Crippen LogP contribution in [0.4, 0.5) is 10.1 Å². The number of hydrogen-bond acceptors (Lipinski definition) is 3. The van der Waals surface area contributed by atoms with Gasteiger partial charge in [0.2, 0.25) is 0 Å². The summed E-state index contributed by atoms with van der Waals surface area (Å²) in [5, 5.41) is 12.6. The Bertz CT molecular complexity index is 459. The molecule has 4 nitrogen and oxygen atoms in total. The van der Waals surface area contributed by atoms with Crippen molar-refractivity contribution in [3.8, 4) is 0 Å². The van der Waals surface area contributed by atoms with E-state index in [-0.39, 0.29) is 12.1 Å². The standard InChI is InChI=1S/C14H21FN2O2/c1-9(2)7-14(3,19)8-17-13(18)11-6-10(16)4-5-12(11)15/h4-6,9,19H,7-8,16H2,1-3H3,(H,17,18). The van der Waals surface area contributed by atoms with Gasteiger partial charge in [0.1, 0.15) is 5.82 Å². The van der Waals surface area contributed by atoms with Crippen LogP contribution in [-0.2, 0) is 0 Å². The Morgan fingerprint density at radius 1 is 1.53 bits per heavy atom. The third kappa shape index (κ3) is 4.87. The van der Waals surface area contributed by atoms with Crippen LogP contribution in [0.3, 0.4) is 0 Å². The van der Waals surface area contributed by atoms with Crippen LogP contribution in [0.2, 0.25) is 0 Å². The van der Waals surface area contributed by atoms with Crippen LogP contribution in [0.5, 0.6) is 0 Å². The van der Waals surface area contributed by atoms with E-state index in [9.17, 15) is 14.3 Å². The zero-order chi connectivity index (χ0) is 14.6. The van der Waals surface area contributed by atoms with E-state index in [1.54, 1.807) is 6.92 Å². The zero-order valence-electron chi connectivity index (χ0n) is 11.5. The molecule has 0 aliphatic carbocycles. The van der Waals surface area contributed by atoms with Gasteiger partial charge in [0.25, 0.3) is 5.91 Å². The molecule has 1 atom stereocenters. The van der Waals surface area contributed by atoms with E-state index in [1.807, 2.05) is 13.8 Å². The molecule has 1 unspecified atom stereocenters. The molecule has 0 heterocycles. The van der Waals surface area contributed by atoms with Crippen molar-refractivity contribution in [2.75, 3.05) is 12.3 Å². The predicted molar refractivity (Wildman–Crippen MR) is 73.2 cm³/mol. The fraction of sp³-hybridized carbons (Fsp3) is 0.500. The van der Waals surface area contributed by atoms with Crippen LogP contribution in [-0.4, -0.2) is 23.2 Å². The number of carbonyl (C=O) groups excluding carboxylic acids is 1. The number of nitrogens with two attached hydrogens (primary N) is 1. The smallest absolute Gasteiger partial charge is 0.254 e. The van der Waals surface area contributed by atoms with Crippen LogP contribution < -0.4 is 11.1 Å². The average Bonchev–Trinajstić information content (AvgIpc) is 2.27. The van der Waals surface area contributed by atoms with Gasteiger partial charge in [0, 0.05) is 12.2 Å². The summed E-state index contributed by atoms with van der Waals surface area (Å²) in [7, 11) is 0. The molecule has 0 bridgehead atoms. The van der Waals surface area contributed by atoms with Crippen LogP contribution in [0, 0.1) is 11.7 Å². The second kappa shape index (κ2) is 6.02. The van der Waals surface area contributed by atoms with Gasteiger partial charge in [-0.2, -0.15) is 0 Å². The molecule has 0 aromatic heterocycles. The van der Waals surface area contributed by atoms with Gasteiger partial charge < -0.3 is 16.2 Å². The number of nitrogen functional groups attached to an aromatic ring is 1. The molecule has 1 aromatic rings. The van der Waals surface area contributed by atoms with Gasteiger partial charge in [-0.05, 0) is 37.5 Å². The van der Waals surface area contributed by atoms with E-state index in [4.69, 9.17) is 5.73 Å². The molecule has 19 heavy (non-hydrogen) atoms. The first-order valence-corrected chi connectivity index (χ1v) is 6.27. The fourth-order valence-electron chi connectivity index (χ4n) is 2.03. The second-order valence-corrected chi connectivity index (χ2v) is 5.52. The number of halogens is 1. The van der Waals surface area contributed by atoms with Gasteiger partial charge in [-0.15, -0.1) is 0 Å². The Labute approximate surface area is 112 Å². The highest BCUT2D eigenvalue weighted by Gasteiger charge is 2.23. The summed E-state index contributed by atoms with van der Waals surface area (Å²) in [6.45, 7) is 5.67. The van der Waals surface area contributed by atoms with Crippen LogP contribution >= 0.6 is 0 Å². The maximum atomic E-state index is 13.5. The molecule has 0 saturated heterocycles. The second-order valence-electron chi connectivity index (χ2n) is 5.52. The van der Waals surface area contributed by atoms with Gasteiger partial charge in [0.15, 0.2) is 0 Å². The van der Waals surface area contributed by atoms with Crippen LogP contribution in [0.1, 0.15) is 37.6 Å². The lowest BCUT2D eigenvalue weighted by Gasteiger charge is -2.25. The average molecular weight is 268 g/mol. The predicted octanol–water partition coefficient (Wildman–Crippen LogP) is 1.93. The van der Waals surface area contributed by atoms with Gasteiger partial charge >= 0.3 is 0 Å². The normalized spacial score (nSPS) is 14.2. The third-order valence-electron chi connectivity index (χ3n) is 2.71. The Morgan fingerprint density at radius 2 is 2.16 bits per heavy atom. The monoisotopic (exact) mass is 268 g/mol. The van der Waals surface area contributed by atoms with Gasteiger partial charge in [-0.25, -0.2) is 4.39 Å². The van der Waals surface area contributed by atoms with E-state index in [0.29, 0.717) is 18.0 Å². The minimum absolute atomic E-state index is 0.0677. The van der Waals surface area contributed by atoms with E-state index >= 15 is 0 Å². The summed E-state index contributed by atoms with van der Waals surface area (Å²) in [5.74, 6) is -0.903. The Kier molecular flexibility index (Phi) is 4.89. The molecular formula is C14H21FN2O2. The summed E-state index contributed by atoms with van der Waals surface area (Å²) in [6.07, 6.45) is 0.548. The zero-order valence-corrected chi connectivity index (χ0v) is 11.5. The highest BCUT2D eigenvalue weighted by atomic mass is 19.1. The Hall–Kier alpha value is -1.62. The van der Waals surface area contributed by atoms with Crippen molar-refractivity contribution in [1.82, 2.24) is 5.32 Å². The molecule has 0 spiro atoms. The molecule has 5 heteroatoms. The highest BCUT2D eigenvalue weighted by molar-refractivity contribution is 5.95. The van der Waals surface area contributed by atoms with Crippen molar-refractivity contribution < 1.29 is 14.3 Å². The van der Waals surface area contributed by atoms with Crippen LogP contribution in [0.25, 0.3) is 0 Å². The lowest BCUT2D eigenvalue weighted by molar-refractivity contribution is 0.0367. The molecule has 106 valence electrons. The number of amides is 1. The van der Waals surface area contributed by atoms with E-state index in [0.717, 1.165) is 6.07 Å². The largest absolute Gasteiger partial charge is 0.399 e. The van der Waals surface area contributed by atoms with Crippen molar-refractivity contribution in [3.63, 3.8) is 0 Å². The SMILES string of the molecule is CC(C)CC(C)(O)CNC(=O)c1cc(N)ccc1F. The van der Waals surface area contributed by atoms with Gasteiger partial charge in [0.05, 0.1) is 11.2 Å². The quantitative estimate of drug-likeness (QED) is 0.714. The van der Waals surface area contributed by atoms with Crippen molar-refractivity contribution >= 4 is 11.6 Å². The molecule has 0 fully saturated rings. The van der Waals surface area contributed by atoms with Crippen molar-refractivity contribution in [1.29, 1.82) is 0 Å². The number of rotatable bonds is 5.